The first-order valence-electron chi connectivity index (χ1n) is 9.25. The summed E-state index contributed by atoms with van der Waals surface area (Å²) in [5.41, 5.74) is 2.85. The van der Waals surface area contributed by atoms with Gasteiger partial charge in [-0.1, -0.05) is 80.0 Å². The summed E-state index contributed by atoms with van der Waals surface area (Å²) in [6.45, 7) is 0. The fourth-order valence-corrected chi connectivity index (χ4v) is 4.20. The van der Waals surface area contributed by atoms with Crippen LogP contribution in [0.5, 0.6) is 0 Å². The summed E-state index contributed by atoms with van der Waals surface area (Å²) in [5.74, 6) is 0.902. The second-order valence-electron chi connectivity index (χ2n) is 6.94. The van der Waals surface area contributed by atoms with E-state index in [1.54, 1.807) is 0 Å². The molecule has 2 N–H and O–H groups in total. The van der Waals surface area contributed by atoms with Crippen LogP contribution in [0.4, 0.5) is 5.82 Å². The minimum Gasteiger partial charge on any atom is -0.341 e. The Morgan fingerprint density at radius 3 is 2.42 bits per heavy atom. The first-order valence-corrected chi connectivity index (χ1v) is 9.66. The van der Waals surface area contributed by atoms with Gasteiger partial charge in [-0.2, -0.15) is 0 Å². The number of carbonyl (C=O) groups is 1. The molecular formula is C22H22N2OS. The van der Waals surface area contributed by atoms with Gasteiger partial charge in [0, 0.05) is 22.4 Å². The topological polar surface area (TPSA) is 44.9 Å². The third-order valence-corrected chi connectivity index (χ3v) is 5.62. The lowest BCUT2D eigenvalue weighted by Crippen LogP contribution is -2.25. The summed E-state index contributed by atoms with van der Waals surface area (Å²) in [6.07, 6.45) is 5.45. The fraction of sp³-hybridized carbons (Fsp3) is 0.273. The lowest BCUT2D eigenvalue weighted by Gasteiger charge is -2.22. The van der Waals surface area contributed by atoms with Gasteiger partial charge in [-0.25, -0.2) is 0 Å². The molecule has 1 saturated carbocycles. The highest BCUT2D eigenvalue weighted by atomic mass is 32.1. The highest BCUT2D eigenvalue weighted by Crippen LogP contribution is 2.33. The van der Waals surface area contributed by atoms with Crippen LogP contribution in [0.2, 0.25) is 0 Å². The molecule has 1 aliphatic carbocycles. The zero-order chi connectivity index (χ0) is 17.9. The van der Waals surface area contributed by atoms with E-state index in [4.69, 9.17) is 12.2 Å². The number of rotatable bonds is 3. The number of aromatic amines is 1. The predicted molar refractivity (Wildman–Crippen MR) is 110 cm³/mol. The molecular weight excluding hydrogens is 340 g/mol. The van der Waals surface area contributed by atoms with Gasteiger partial charge in [-0.05, 0) is 24.5 Å². The van der Waals surface area contributed by atoms with Crippen molar-refractivity contribution in [3.8, 4) is 11.1 Å². The quantitative estimate of drug-likeness (QED) is 0.554. The van der Waals surface area contributed by atoms with E-state index < -0.39 is 0 Å². The normalized spacial score (nSPS) is 15.1. The number of pyridine rings is 1. The molecule has 0 atom stereocenters. The average molecular weight is 362 g/mol. The van der Waals surface area contributed by atoms with Crippen molar-refractivity contribution in [2.75, 3.05) is 5.32 Å². The van der Waals surface area contributed by atoms with Crippen molar-refractivity contribution in [2.24, 2.45) is 5.92 Å². The second-order valence-corrected chi connectivity index (χ2v) is 7.35. The van der Waals surface area contributed by atoms with Crippen LogP contribution in [-0.2, 0) is 4.79 Å². The van der Waals surface area contributed by atoms with Crippen LogP contribution >= 0.6 is 12.2 Å². The van der Waals surface area contributed by atoms with E-state index in [1.165, 1.54) is 6.42 Å². The number of amides is 1. The first kappa shape index (κ1) is 17.0. The van der Waals surface area contributed by atoms with E-state index in [1.807, 2.05) is 54.6 Å². The lowest BCUT2D eigenvalue weighted by atomic mass is 9.88. The lowest BCUT2D eigenvalue weighted by molar-refractivity contribution is -0.120. The number of hydrogen-bond acceptors (Lipinski definition) is 2. The van der Waals surface area contributed by atoms with Gasteiger partial charge in [-0.3, -0.25) is 4.79 Å². The summed E-state index contributed by atoms with van der Waals surface area (Å²) in [5, 5.41) is 4.15. The maximum atomic E-state index is 12.8. The highest BCUT2D eigenvalue weighted by Gasteiger charge is 2.23. The Morgan fingerprint density at radius 1 is 0.962 bits per heavy atom. The van der Waals surface area contributed by atoms with Gasteiger partial charge < -0.3 is 10.3 Å². The van der Waals surface area contributed by atoms with Crippen LogP contribution in [0.3, 0.4) is 0 Å². The molecule has 0 unspecified atom stereocenters. The van der Waals surface area contributed by atoms with Gasteiger partial charge in [0.2, 0.25) is 5.91 Å². The number of para-hydroxylation sites is 1. The van der Waals surface area contributed by atoms with Crippen LogP contribution in [0, 0.1) is 10.4 Å². The number of hydrogen-bond donors (Lipinski definition) is 2. The highest BCUT2D eigenvalue weighted by molar-refractivity contribution is 7.71. The van der Waals surface area contributed by atoms with Gasteiger partial charge in [0.1, 0.15) is 5.82 Å². The molecule has 0 radical (unpaired) electrons. The van der Waals surface area contributed by atoms with E-state index in [-0.39, 0.29) is 11.8 Å². The van der Waals surface area contributed by atoms with Gasteiger partial charge in [-0.15, -0.1) is 0 Å². The predicted octanol–water partition coefficient (Wildman–Crippen LogP) is 6.08. The van der Waals surface area contributed by atoms with Gasteiger partial charge >= 0.3 is 0 Å². The SMILES string of the molecule is O=C(Nc1[nH]c2ccccc2c(=S)c1-c1ccccc1)C1CCCCC1. The Bertz CT molecular complexity index is 988. The second kappa shape index (κ2) is 7.42. The molecule has 3 aromatic rings. The molecule has 0 spiro atoms. The smallest absolute Gasteiger partial charge is 0.228 e. The van der Waals surface area contributed by atoms with Gasteiger partial charge in [0.05, 0.1) is 4.51 Å². The van der Waals surface area contributed by atoms with Crippen LogP contribution in [0.1, 0.15) is 32.1 Å². The zero-order valence-corrected chi connectivity index (χ0v) is 15.4. The summed E-state index contributed by atoms with van der Waals surface area (Å²) in [4.78, 5) is 16.2. The van der Waals surface area contributed by atoms with Crippen LogP contribution in [-0.4, -0.2) is 10.9 Å². The molecule has 1 heterocycles. The monoisotopic (exact) mass is 362 g/mol. The number of fused-ring (bicyclic) bond motifs is 1. The minimum atomic E-state index is 0.0980. The molecule has 1 aromatic heterocycles. The minimum absolute atomic E-state index is 0.0980. The molecule has 4 heteroatoms. The summed E-state index contributed by atoms with van der Waals surface area (Å²) >= 11 is 5.80. The molecule has 26 heavy (non-hydrogen) atoms. The van der Waals surface area contributed by atoms with Crippen molar-refractivity contribution in [1.82, 2.24) is 4.98 Å². The van der Waals surface area contributed by atoms with Crippen molar-refractivity contribution in [3.63, 3.8) is 0 Å². The molecule has 4 rings (SSSR count). The fourth-order valence-electron chi connectivity index (χ4n) is 3.80. The first-order chi connectivity index (χ1) is 12.7. The number of nitrogens with one attached hydrogen (secondary N) is 2. The van der Waals surface area contributed by atoms with Gasteiger partial charge in [0.25, 0.3) is 0 Å². The molecule has 3 nitrogen and oxygen atoms in total. The Balaban J connectivity index is 1.81. The number of carbonyl (C=O) groups excluding carboxylic acids is 1. The van der Waals surface area contributed by atoms with E-state index in [0.717, 1.165) is 52.2 Å². The molecule has 0 aliphatic heterocycles. The molecule has 2 aromatic carbocycles. The molecule has 132 valence electrons. The van der Waals surface area contributed by atoms with Crippen molar-refractivity contribution in [3.05, 3.63) is 59.1 Å². The van der Waals surface area contributed by atoms with Crippen molar-refractivity contribution in [1.29, 1.82) is 0 Å². The Hall–Kier alpha value is -2.46. The Kier molecular flexibility index (Phi) is 4.85. The van der Waals surface area contributed by atoms with E-state index in [2.05, 4.69) is 10.3 Å². The third-order valence-electron chi connectivity index (χ3n) is 5.20. The maximum Gasteiger partial charge on any atom is 0.228 e. The molecule has 0 saturated heterocycles. The van der Waals surface area contributed by atoms with Crippen molar-refractivity contribution >= 4 is 34.8 Å². The average Bonchev–Trinajstić information content (AvgIpc) is 2.69. The Labute approximate surface area is 158 Å². The number of H-pyrrole nitrogens is 1. The zero-order valence-electron chi connectivity index (χ0n) is 14.6. The van der Waals surface area contributed by atoms with Crippen LogP contribution in [0.15, 0.2) is 54.6 Å². The van der Waals surface area contributed by atoms with Crippen LogP contribution in [0.25, 0.3) is 22.0 Å². The van der Waals surface area contributed by atoms with Gasteiger partial charge in [0.15, 0.2) is 0 Å². The molecule has 0 bridgehead atoms. The molecule has 1 aliphatic rings. The number of benzene rings is 2. The molecule has 1 fully saturated rings. The maximum absolute atomic E-state index is 12.8. The Morgan fingerprint density at radius 2 is 1.65 bits per heavy atom. The third kappa shape index (κ3) is 3.29. The summed E-state index contributed by atoms with van der Waals surface area (Å²) < 4.78 is 0.768. The van der Waals surface area contributed by atoms with Crippen molar-refractivity contribution < 1.29 is 4.79 Å². The van der Waals surface area contributed by atoms with E-state index in [0.29, 0.717) is 5.82 Å². The largest absolute Gasteiger partial charge is 0.341 e. The summed E-state index contributed by atoms with van der Waals surface area (Å²) in [6, 6.07) is 18.0. The standard InChI is InChI=1S/C22H22N2OS/c25-22(16-11-5-2-6-12-16)24-21-19(15-9-3-1-4-10-15)20(26)17-13-7-8-14-18(17)23-21/h1,3-4,7-10,13-14,16H,2,5-6,11-12H2,(H2,23,24,25,26). The number of anilines is 1. The van der Waals surface area contributed by atoms with E-state index in [9.17, 15) is 4.79 Å². The van der Waals surface area contributed by atoms with Crippen LogP contribution < -0.4 is 5.32 Å². The number of aromatic nitrogens is 1. The summed E-state index contributed by atoms with van der Waals surface area (Å²) in [7, 11) is 0. The van der Waals surface area contributed by atoms with Crippen molar-refractivity contribution in [2.45, 2.75) is 32.1 Å². The molecule has 1 amide bonds. The van der Waals surface area contributed by atoms with E-state index >= 15 is 0 Å².